The zero-order valence-corrected chi connectivity index (χ0v) is 14.0. The molecule has 3 rings (SSSR count). The number of rotatable bonds is 5. The van der Waals surface area contributed by atoms with Crippen molar-refractivity contribution in [3.63, 3.8) is 0 Å². The Hall–Kier alpha value is -2.21. The number of hydrogen-bond acceptors (Lipinski definition) is 3. The molecule has 25 heavy (non-hydrogen) atoms. The first-order valence-electron chi connectivity index (χ1n) is 8.34. The van der Waals surface area contributed by atoms with E-state index < -0.39 is 18.5 Å². The Labute approximate surface area is 145 Å². The van der Waals surface area contributed by atoms with Crippen LogP contribution in [0, 0.1) is 11.8 Å². The number of nitrogens with zero attached hydrogens (tertiary/aromatic N) is 1. The fourth-order valence-corrected chi connectivity index (χ4v) is 3.68. The summed E-state index contributed by atoms with van der Waals surface area (Å²) in [6, 6.07) is 10.9. The van der Waals surface area contributed by atoms with Gasteiger partial charge >= 0.3 is 12.6 Å². The fourth-order valence-electron chi connectivity index (χ4n) is 3.68. The molecule has 134 valence electrons. The number of ether oxygens (including phenoxy) is 1. The molecular formula is C19H21F2NO3. The third-order valence-electron chi connectivity index (χ3n) is 4.68. The molecule has 0 spiro atoms. The summed E-state index contributed by atoms with van der Waals surface area (Å²) >= 11 is 0. The van der Waals surface area contributed by atoms with E-state index in [9.17, 15) is 18.7 Å². The molecule has 2 atom stereocenters. The van der Waals surface area contributed by atoms with E-state index in [1.807, 2.05) is 36.1 Å². The molecule has 1 fully saturated rings. The lowest BCUT2D eigenvalue weighted by Crippen LogP contribution is -2.42. The summed E-state index contributed by atoms with van der Waals surface area (Å²) in [4.78, 5) is 13.4. The Morgan fingerprint density at radius 3 is 2.76 bits per heavy atom. The third kappa shape index (κ3) is 4.07. The number of piperidine rings is 1. The van der Waals surface area contributed by atoms with E-state index in [1.54, 1.807) is 12.1 Å². The van der Waals surface area contributed by atoms with Crippen LogP contribution in [0.5, 0.6) is 5.75 Å². The van der Waals surface area contributed by atoms with Gasteiger partial charge in [-0.15, -0.1) is 0 Å². The number of benzene rings is 2. The van der Waals surface area contributed by atoms with Crippen LogP contribution >= 0.6 is 0 Å². The van der Waals surface area contributed by atoms with Crippen molar-refractivity contribution < 1.29 is 23.4 Å². The van der Waals surface area contributed by atoms with Gasteiger partial charge in [0, 0.05) is 25.2 Å². The lowest BCUT2D eigenvalue weighted by molar-refractivity contribution is -0.144. The van der Waals surface area contributed by atoms with E-state index in [1.165, 1.54) is 0 Å². The van der Waals surface area contributed by atoms with Crippen molar-refractivity contribution in [1.82, 2.24) is 4.90 Å². The lowest BCUT2D eigenvalue weighted by Gasteiger charge is -2.35. The smallest absolute Gasteiger partial charge is 0.387 e. The fraction of sp³-hybridized carbons (Fsp3) is 0.421. The van der Waals surface area contributed by atoms with Gasteiger partial charge in [0.2, 0.25) is 0 Å². The van der Waals surface area contributed by atoms with Crippen LogP contribution < -0.4 is 4.74 Å². The SMILES string of the molecule is CC1CC(C(=O)O)CN(Cc2c(OC(F)F)ccc3ccccc23)C1. The van der Waals surface area contributed by atoms with Crippen LogP contribution in [0.4, 0.5) is 8.78 Å². The molecule has 2 aromatic rings. The minimum absolute atomic E-state index is 0.152. The molecule has 0 amide bonds. The van der Waals surface area contributed by atoms with Gasteiger partial charge in [0.1, 0.15) is 5.75 Å². The second kappa shape index (κ2) is 7.35. The summed E-state index contributed by atoms with van der Waals surface area (Å²) in [6.45, 7) is 0.657. The molecule has 1 N–H and O–H groups in total. The van der Waals surface area contributed by atoms with Crippen molar-refractivity contribution in [3.05, 3.63) is 42.0 Å². The highest BCUT2D eigenvalue weighted by atomic mass is 19.3. The first kappa shape index (κ1) is 17.6. The highest BCUT2D eigenvalue weighted by molar-refractivity contribution is 5.87. The lowest BCUT2D eigenvalue weighted by atomic mass is 9.90. The number of alkyl halides is 2. The molecular weight excluding hydrogens is 328 g/mol. The summed E-state index contributed by atoms with van der Waals surface area (Å²) in [5, 5.41) is 11.1. The molecule has 6 heteroatoms. The summed E-state index contributed by atoms with van der Waals surface area (Å²) in [5.41, 5.74) is 0.677. The second-order valence-electron chi connectivity index (χ2n) is 6.71. The van der Waals surface area contributed by atoms with E-state index in [2.05, 4.69) is 0 Å². The highest BCUT2D eigenvalue weighted by Gasteiger charge is 2.30. The standard InChI is InChI=1S/C19H21F2NO3/c1-12-8-14(18(23)24)10-22(9-12)11-16-15-5-3-2-4-13(15)6-7-17(16)25-19(20)21/h2-7,12,14,19H,8-11H2,1H3,(H,23,24). The van der Waals surface area contributed by atoms with Crippen molar-refractivity contribution >= 4 is 16.7 Å². The van der Waals surface area contributed by atoms with Crippen molar-refractivity contribution in [3.8, 4) is 5.75 Å². The van der Waals surface area contributed by atoms with E-state index in [-0.39, 0.29) is 11.7 Å². The van der Waals surface area contributed by atoms with E-state index >= 15 is 0 Å². The minimum Gasteiger partial charge on any atom is -0.481 e. The monoisotopic (exact) mass is 349 g/mol. The Morgan fingerprint density at radius 1 is 1.28 bits per heavy atom. The summed E-state index contributed by atoms with van der Waals surface area (Å²) in [5.74, 6) is -0.847. The van der Waals surface area contributed by atoms with Gasteiger partial charge in [-0.3, -0.25) is 9.69 Å². The summed E-state index contributed by atoms with van der Waals surface area (Å²) in [7, 11) is 0. The number of likely N-dealkylation sites (tertiary alicyclic amines) is 1. The van der Waals surface area contributed by atoms with Crippen LogP contribution in [0.1, 0.15) is 18.9 Å². The van der Waals surface area contributed by atoms with Gasteiger partial charge in [-0.05, 0) is 29.2 Å². The van der Waals surface area contributed by atoms with Crippen LogP contribution in [0.25, 0.3) is 10.8 Å². The van der Waals surface area contributed by atoms with Gasteiger partial charge in [-0.1, -0.05) is 37.3 Å². The van der Waals surface area contributed by atoms with E-state index in [4.69, 9.17) is 4.74 Å². The van der Waals surface area contributed by atoms with Crippen LogP contribution in [-0.4, -0.2) is 35.7 Å². The maximum atomic E-state index is 12.8. The number of fused-ring (bicyclic) bond motifs is 1. The molecule has 1 aliphatic rings. The Morgan fingerprint density at radius 2 is 2.04 bits per heavy atom. The predicted molar refractivity (Wildman–Crippen MR) is 90.8 cm³/mol. The molecule has 0 bridgehead atoms. The normalized spacial score (nSPS) is 21.6. The van der Waals surface area contributed by atoms with Crippen LogP contribution in [0.2, 0.25) is 0 Å². The average molecular weight is 349 g/mol. The Balaban J connectivity index is 1.94. The highest BCUT2D eigenvalue weighted by Crippen LogP contribution is 2.32. The Kier molecular flexibility index (Phi) is 5.18. The van der Waals surface area contributed by atoms with Crippen molar-refractivity contribution in [1.29, 1.82) is 0 Å². The molecule has 2 unspecified atom stereocenters. The molecule has 2 aromatic carbocycles. The quantitative estimate of drug-likeness (QED) is 0.887. The average Bonchev–Trinajstić information content (AvgIpc) is 2.56. The molecule has 0 radical (unpaired) electrons. The first-order valence-corrected chi connectivity index (χ1v) is 8.34. The van der Waals surface area contributed by atoms with Gasteiger partial charge in [-0.2, -0.15) is 8.78 Å². The minimum atomic E-state index is -2.90. The second-order valence-corrected chi connectivity index (χ2v) is 6.71. The van der Waals surface area contributed by atoms with Gasteiger partial charge < -0.3 is 9.84 Å². The molecule has 1 heterocycles. The zero-order valence-electron chi connectivity index (χ0n) is 14.0. The molecule has 1 saturated heterocycles. The number of aliphatic carboxylic acids is 1. The van der Waals surface area contributed by atoms with Crippen LogP contribution in [0.15, 0.2) is 36.4 Å². The first-order chi connectivity index (χ1) is 11.9. The predicted octanol–water partition coefficient (Wildman–Crippen LogP) is 3.98. The van der Waals surface area contributed by atoms with E-state index in [0.717, 1.165) is 17.3 Å². The molecule has 0 aliphatic carbocycles. The van der Waals surface area contributed by atoms with Crippen LogP contribution in [0.3, 0.4) is 0 Å². The van der Waals surface area contributed by atoms with Crippen molar-refractivity contribution in [2.24, 2.45) is 11.8 Å². The third-order valence-corrected chi connectivity index (χ3v) is 4.68. The number of carbonyl (C=O) groups is 1. The maximum Gasteiger partial charge on any atom is 0.387 e. The molecule has 1 aliphatic heterocycles. The largest absolute Gasteiger partial charge is 0.481 e. The van der Waals surface area contributed by atoms with Gasteiger partial charge in [0.15, 0.2) is 0 Å². The molecule has 0 aromatic heterocycles. The Bertz CT molecular complexity index is 765. The summed E-state index contributed by atoms with van der Waals surface area (Å²) < 4.78 is 30.3. The maximum absolute atomic E-state index is 12.8. The van der Waals surface area contributed by atoms with Crippen molar-refractivity contribution in [2.45, 2.75) is 26.5 Å². The van der Waals surface area contributed by atoms with Gasteiger partial charge in [0.25, 0.3) is 0 Å². The number of carboxylic acid groups (broad SMARTS) is 1. The van der Waals surface area contributed by atoms with Gasteiger partial charge in [-0.25, -0.2) is 0 Å². The van der Waals surface area contributed by atoms with Gasteiger partial charge in [0.05, 0.1) is 5.92 Å². The van der Waals surface area contributed by atoms with Crippen molar-refractivity contribution in [2.75, 3.05) is 13.1 Å². The summed E-state index contributed by atoms with van der Waals surface area (Å²) in [6.07, 6.45) is 0.641. The van der Waals surface area contributed by atoms with E-state index in [0.29, 0.717) is 25.1 Å². The number of hydrogen-bond donors (Lipinski definition) is 1. The number of carboxylic acids is 1. The van der Waals surface area contributed by atoms with Crippen LogP contribution in [-0.2, 0) is 11.3 Å². The molecule has 0 saturated carbocycles. The number of halogens is 2. The zero-order chi connectivity index (χ0) is 18.0. The topological polar surface area (TPSA) is 49.8 Å². The molecule has 4 nitrogen and oxygen atoms in total.